The van der Waals surface area contributed by atoms with Crippen LogP contribution in [0.4, 0.5) is 4.39 Å². The second-order valence-electron chi connectivity index (χ2n) is 4.70. The predicted octanol–water partition coefficient (Wildman–Crippen LogP) is 2.52. The highest BCUT2D eigenvalue weighted by Crippen LogP contribution is 2.33. The van der Waals surface area contributed by atoms with E-state index >= 15 is 0 Å². The minimum absolute atomic E-state index is 0.0188. The van der Waals surface area contributed by atoms with E-state index in [0.717, 1.165) is 6.42 Å². The highest BCUT2D eigenvalue weighted by Gasteiger charge is 2.40. The topological polar surface area (TPSA) is 58.6 Å². The quantitative estimate of drug-likeness (QED) is 0.833. The van der Waals surface area contributed by atoms with Crippen molar-refractivity contribution in [3.8, 4) is 5.75 Å². The molecule has 1 aromatic rings. The molecule has 1 rings (SSSR count). The number of methoxy groups -OCH3 is 1. The second-order valence-corrected chi connectivity index (χ2v) is 4.70. The van der Waals surface area contributed by atoms with Gasteiger partial charge in [-0.15, -0.1) is 0 Å². The van der Waals surface area contributed by atoms with E-state index < -0.39 is 17.3 Å². The van der Waals surface area contributed by atoms with Gasteiger partial charge in [0.15, 0.2) is 0 Å². The zero-order valence-electron chi connectivity index (χ0n) is 11.7. The minimum atomic E-state index is -1.54. The van der Waals surface area contributed by atoms with Gasteiger partial charge in [0.25, 0.3) is 0 Å². The molecule has 0 fully saturated rings. The fourth-order valence-corrected chi connectivity index (χ4v) is 2.00. The molecule has 106 valence electrons. The van der Waals surface area contributed by atoms with E-state index in [9.17, 15) is 14.3 Å². The van der Waals surface area contributed by atoms with Crippen LogP contribution in [0.2, 0.25) is 0 Å². The van der Waals surface area contributed by atoms with Gasteiger partial charge < -0.3 is 9.84 Å². The Balaban J connectivity index is 3.38. The van der Waals surface area contributed by atoms with Gasteiger partial charge in [-0.3, -0.25) is 5.32 Å². The maximum Gasteiger partial charge on any atom is 0.328 e. The molecule has 0 bridgehead atoms. The predicted molar refractivity (Wildman–Crippen MR) is 70.8 cm³/mol. The fourth-order valence-electron chi connectivity index (χ4n) is 2.00. The number of carbonyl (C=O) groups is 1. The van der Waals surface area contributed by atoms with Crippen LogP contribution in [0.5, 0.6) is 5.75 Å². The van der Waals surface area contributed by atoms with Crippen molar-refractivity contribution in [1.29, 1.82) is 0 Å². The molecule has 0 aromatic heterocycles. The normalized spacial score (nSPS) is 15.6. The molecular weight excluding hydrogens is 249 g/mol. The molecule has 0 spiro atoms. The average Bonchev–Trinajstić information content (AvgIpc) is 2.37. The van der Waals surface area contributed by atoms with Crippen molar-refractivity contribution >= 4 is 5.97 Å². The number of halogens is 1. The van der Waals surface area contributed by atoms with Crippen molar-refractivity contribution < 1.29 is 19.0 Å². The van der Waals surface area contributed by atoms with E-state index in [4.69, 9.17) is 4.74 Å². The van der Waals surface area contributed by atoms with Crippen molar-refractivity contribution in [2.45, 2.75) is 38.8 Å². The third-order valence-corrected chi connectivity index (χ3v) is 3.27. The third-order valence-electron chi connectivity index (χ3n) is 3.27. The standard InChI is InChI=1S/C14H20FNO3/c1-5-9(2)16-14(3,13(17)18)12-10(15)7-6-8-11(12)19-4/h6-9,16H,5H2,1-4H3,(H,17,18). The van der Waals surface area contributed by atoms with Gasteiger partial charge in [0.2, 0.25) is 0 Å². The van der Waals surface area contributed by atoms with E-state index in [2.05, 4.69) is 5.32 Å². The van der Waals surface area contributed by atoms with Crippen LogP contribution in [0.15, 0.2) is 18.2 Å². The van der Waals surface area contributed by atoms with Crippen molar-refractivity contribution in [1.82, 2.24) is 5.32 Å². The molecule has 0 amide bonds. The smallest absolute Gasteiger partial charge is 0.328 e. The highest BCUT2D eigenvalue weighted by atomic mass is 19.1. The lowest BCUT2D eigenvalue weighted by molar-refractivity contribution is -0.145. The molecule has 0 aliphatic rings. The van der Waals surface area contributed by atoms with E-state index in [1.54, 1.807) is 6.07 Å². The molecule has 4 nitrogen and oxygen atoms in total. The number of ether oxygens (including phenoxy) is 1. The van der Waals surface area contributed by atoms with E-state index in [1.165, 1.54) is 26.2 Å². The number of nitrogens with one attached hydrogen (secondary N) is 1. The fraction of sp³-hybridized carbons (Fsp3) is 0.500. The molecule has 2 atom stereocenters. The SMILES string of the molecule is CCC(C)NC(C)(C(=O)O)c1c(F)cccc1OC. The Hall–Kier alpha value is -1.62. The summed E-state index contributed by atoms with van der Waals surface area (Å²) in [5, 5.41) is 12.4. The summed E-state index contributed by atoms with van der Waals surface area (Å²) in [6.07, 6.45) is 0.736. The van der Waals surface area contributed by atoms with Crippen LogP contribution in [-0.4, -0.2) is 24.2 Å². The van der Waals surface area contributed by atoms with Crippen molar-refractivity contribution in [3.63, 3.8) is 0 Å². The largest absolute Gasteiger partial charge is 0.496 e. The Morgan fingerprint density at radius 2 is 2.21 bits per heavy atom. The van der Waals surface area contributed by atoms with Crippen LogP contribution in [0, 0.1) is 5.82 Å². The maximum atomic E-state index is 14.1. The van der Waals surface area contributed by atoms with Crippen molar-refractivity contribution in [2.75, 3.05) is 7.11 Å². The number of aliphatic carboxylic acids is 1. The van der Waals surface area contributed by atoms with Gasteiger partial charge in [-0.25, -0.2) is 9.18 Å². The molecule has 5 heteroatoms. The Labute approximate surface area is 112 Å². The van der Waals surface area contributed by atoms with Crippen LogP contribution in [-0.2, 0) is 10.3 Å². The Morgan fingerprint density at radius 3 is 2.68 bits per heavy atom. The van der Waals surface area contributed by atoms with Crippen molar-refractivity contribution in [3.05, 3.63) is 29.6 Å². The van der Waals surface area contributed by atoms with Crippen LogP contribution < -0.4 is 10.1 Å². The van der Waals surface area contributed by atoms with Gasteiger partial charge in [0.05, 0.1) is 12.7 Å². The first-order valence-corrected chi connectivity index (χ1v) is 6.20. The van der Waals surface area contributed by atoms with Crippen LogP contribution in [0.3, 0.4) is 0 Å². The average molecular weight is 269 g/mol. The summed E-state index contributed by atoms with van der Waals surface area (Å²) in [5.41, 5.74) is -1.52. The van der Waals surface area contributed by atoms with Gasteiger partial charge in [-0.05, 0) is 32.4 Å². The molecule has 0 aliphatic carbocycles. The molecule has 1 aromatic carbocycles. The lowest BCUT2D eigenvalue weighted by Gasteiger charge is -2.31. The highest BCUT2D eigenvalue weighted by molar-refractivity contribution is 5.81. The van der Waals surface area contributed by atoms with E-state index in [0.29, 0.717) is 0 Å². The zero-order chi connectivity index (χ0) is 14.6. The molecule has 19 heavy (non-hydrogen) atoms. The number of hydrogen-bond donors (Lipinski definition) is 2. The third kappa shape index (κ3) is 3.04. The lowest BCUT2D eigenvalue weighted by atomic mass is 9.89. The van der Waals surface area contributed by atoms with Gasteiger partial charge in [0, 0.05) is 6.04 Å². The summed E-state index contributed by atoms with van der Waals surface area (Å²) < 4.78 is 19.2. The number of rotatable bonds is 6. The number of benzene rings is 1. The monoisotopic (exact) mass is 269 g/mol. The molecular formula is C14H20FNO3. The zero-order valence-corrected chi connectivity index (χ0v) is 11.7. The Morgan fingerprint density at radius 1 is 1.58 bits per heavy atom. The Bertz CT molecular complexity index is 464. The van der Waals surface area contributed by atoms with Crippen LogP contribution in [0.1, 0.15) is 32.8 Å². The summed E-state index contributed by atoms with van der Waals surface area (Å²) in [7, 11) is 1.39. The number of carboxylic acids is 1. The van der Waals surface area contributed by atoms with Crippen molar-refractivity contribution in [2.24, 2.45) is 0 Å². The summed E-state index contributed by atoms with van der Waals surface area (Å²) in [6, 6.07) is 4.21. The van der Waals surface area contributed by atoms with Gasteiger partial charge in [-0.2, -0.15) is 0 Å². The Kier molecular flexibility index (Phi) is 4.89. The summed E-state index contributed by atoms with van der Waals surface area (Å²) in [6.45, 7) is 5.23. The minimum Gasteiger partial charge on any atom is -0.496 e. The molecule has 0 heterocycles. The molecule has 2 unspecified atom stereocenters. The van der Waals surface area contributed by atoms with E-state index in [1.807, 2.05) is 13.8 Å². The number of hydrogen-bond acceptors (Lipinski definition) is 3. The summed E-state index contributed by atoms with van der Waals surface area (Å²) in [4.78, 5) is 11.6. The van der Waals surface area contributed by atoms with Gasteiger partial charge >= 0.3 is 5.97 Å². The lowest BCUT2D eigenvalue weighted by Crippen LogP contribution is -2.51. The second kappa shape index (κ2) is 6.02. The molecule has 0 aliphatic heterocycles. The van der Waals surface area contributed by atoms with Gasteiger partial charge in [0.1, 0.15) is 17.1 Å². The maximum absolute atomic E-state index is 14.1. The molecule has 0 saturated carbocycles. The van der Waals surface area contributed by atoms with E-state index in [-0.39, 0.29) is 17.4 Å². The first-order valence-electron chi connectivity index (χ1n) is 6.20. The van der Waals surface area contributed by atoms with Crippen LogP contribution in [0.25, 0.3) is 0 Å². The molecule has 0 saturated heterocycles. The number of carboxylic acid groups (broad SMARTS) is 1. The van der Waals surface area contributed by atoms with Gasteiger partial charge in [-0.1, -0.05) is 13.0 Å². The first kappa shape index (κ1) is 15.4. The summed E-state index contributed by atoms with van der Waals surface area (Å²) >= 11 is 0. The molecule has 2 N–H and O–H groups in total. The summed E-state index contributed by atoms with van der Waals surface area (Å²) in [5.74, 6) is -1.52. The molecule has 0 radical (unpaired) electrons. The van der Waals surface area contributed by atoms with Crippen LogP contribution >= 0.6 is 0 Å². The first-order chi connectivity index (χ1) is 8.86.